The Hall–Kier alpha value is -3.29. The number of rotatable bonds is 4. The van der Waals surface area contributed by atoms with Crippen molar-refractivity contribution in [1.82, 2.24) is 15.1 Å². The van der Waals surface area contributed by atoms with Gasteiger partial charge in [-0.05, 0) is 37.1 Å². The highest BCUT2D eigenvalue weighted by molar-refractivity contribution is 5.91. The number of benzene rings is 1. The first-order valence-corrected chi connectivity index (χ1v) is 8.81. The molecule has 3 heterocycles. The van der Waals surface area contributed by atoms with Gasteiger partial charge in [0.1, 0.15) is 5.75 Å². The second-order valence-electron chi connectivity index (χ2n) is 6.31. The van der Waals surface area contributed by atoms with Gasteiger partial charge in [-0.15, -0.1) is 10.2 Å². The summed E-state index contributed by atoms with van der Waals surface area (Å²) in [5.41, 5.74) is 0.659. The van der Waals surface area contributed by atoms with E-state index in [2.05, 4.69) is 15.5 Å². The van der Waals surface area contributed by atoms with Crippen molar-refractivity contribution in [3.8, 4) is 17.4 Å². The molecule has 27 heavy (non-hydrogen) atoms. The van der Waals surface area contributed by atoms with E-state index in [0.29, 0.717) is 42.1 Å². The molecular formula is C19H20N4O4. The lowest BCUT2D eigenvalue weighted by Gasteiger charge is -2.30. The molecule has 1 aliphatic rings. The number of furan rings is 1. The highest BCUT2D eigenvalue weighted by Crippen LogP contribution is 2.30. The minimum atomic E-state index is -0.139. The van der Waals surface area contributed by atoms with Crippen LogP contribution >= 0.6 is 0 Å². The fourth-order valence-corrected chi connectivity index (χ4v) is 3.17. The third-order valence-electron chi connectivity index (χ3n) is 4.65. The Bertz CT molecular complexity index is 898. The van der Waals surface area contributed by atoms with Crippen LogP contribution in [0.3, 0.4) is 0 Å². The Morgan fingerprint density at radius 2 is 2.00 bits per heavy atom. The molecule has 8 nitrogen and oxygen atoms in total. The Morgan fingerprint density at radius 1 is 1.19 bits per heavy atom. The zero-order valence-corrected chi connectivity index (χ0v) is 14.9. The molecule has 0 saturated carbocycles. The Kier molecular flexibility index (Phi) is 4.78. The number of aromatic nitrogens is 2. The molecule has 2 amide bonds. The van der Waals surface area contributed by atoms with Gasteiger partial charge in [0.15, 0.2) is 5.76 Å². The second-order valence-corrected chi connectivity index (χ2v) is 6.31. The zero-order chi connectivity index (χ0) is 18.6. The quantitative estimate of drug-likeness (QED) is 0.754. The van der Waals surface area contributed by atoms with Crippen molar-refractivity contribution in [3.63, 3.8) is 0 Å². The van der Waals surface area contributed by atoms with Gasteiger partial charge >= 0.3 is 6.03 Å². The smallest absolute Gasteiger partial charge is 0.321 e. The number of nitrogens with zero attached hydrogens (tertiary/aromatic N) is 3. The van der Waals surface area contributed by atoms with Crippen LogP contribution < -0.4 is 10.1 Å². The molecule has 1 aliphatic heterocycles. The number of hydrogen-bond acceptors (Lipinski definition) is 6. The molecular weight excluding hydrogens is 348 g/mol. The predicted octanol–water partition coefficient (Wildman–Crippen LogP) is 3.75. The third-order valence-corrected chi connectivity index (χ3v) is 4.65. The number of carbonyl (C=O) groups excluding carboxylic acids is 1. The van der Waals surface area contributed by atoms with Gasteiger partial charge < -0.3 is 23.8 Å². The molecule has 2 aromatic heterocycles. The topological polar surface area (TPSA) is 93.6 Å². The number of likely N-dealkylation sites (tertiary alicyclic amines) is 1. The monoisotopic (exact) mass is 368 g/mol. The lowest BCUT2D eigenvalue weighted by molar-refractivity contribution is 0.190. The molecule has 1 N–H and O–H groups in total. The van der Waals surface area contributed by atoms with E-state index in [-0.39, 0.29) is 11.9 Å². The molecule has 1 aromatic carbocycles. The summed E-state index contributed by atoms with van der Waals surface area (Å²) in [7, 11) is 1.58. The molecule has 8 heteroatoms. The molecule has 0 spiro atoms. The highest BCUT2D eigenvalue weighted by Gasteiger charge is 2.28. The summed E-state index contributed by atoms with van der Waals surface area (Å²) in [5.74, 6) is 2.30. The van der Waals surface area contributed by atoms with Crippen LogP contribution in [-0.2, 0) is 0 Å². The largest absolute Gasteiger partial charge is 0.495 e. The van der Waals surface area contributed by atoms with Crippen LogP contribution in [0, 0.1) is 0 Å². The normalized spacial score (nSPS) is 14.9. The summed E-state index contributed by atoms with van der Waals surface area (Å²) in [6, 6.07) is 10.8. The lowest BCUT2D eigenvalue weighted by atomic mass is 9.97. The summed E-state index contributed by atoms with van der Waals surface area (Å²) in [6.07, 6.45) is 3.09. The van der Waals surface area contributed by atoms with E-state index >= 15 is 0 Å². The molecule has 0 atom stereocenters. The molecule has 0 aliphatic carbocycles. The second kappa shape index (κ2) is 7.53. The van der Waals surface area contributed by atoms with Crippen LogP contribution in [0.25, 0.3) is 11.7 Å². The van der Waals surface area contributed by atoms with Crippen LogP contribution in [0.4, 0.5) is 10.5 Å². The maximum atomic E-state index is 12.5. The number of amides is 2. The van der Waals surface area contributed by atoms with Gasteiger partial charge in [0.05, 0.1) is 19.1 Å². The first kappa shape index (κ1) is 17.1. The standard InChI is InChI=1S/C19H20N4O4/c1-25-15-6-3-2-5-14(15)20-19(24)23-10-8-13(9-11-23)17-21-22-18(27-17)16-7-4-12-26-16/h2-7,12-13H,8-11H2,1H3,(H,20,24). The van der Waals surface area contributed by atoms with E-state index in [9.17, 15) is 4.79 Å². The van der Waals surface area contributed by atoms with Gasteiger partial charge in [-0.1, -0.05) is 12.1 Å². The number of urea groups is 1. The Morgan fingerprint density at radius 3 is 2.74 bits per heavy atom. The maximum Gasteiger partial charge on any atom is 0.321 e. The number of methoxy groups -OCH3 is 1. The molecule has 0 radical (unpaired) electrons. The van der Waals surface area contributed by atoms with Gasteiger partial charge in [-0.25, -0.2) is 4.79 Å². The SMILES string of the molecule is COc1ccccc1NC(=O)N1CCC(c2nnc(-c3ccco3)o2)CC1. The predicted molar refractivity (Wildman–Crippen MR) is 97.6 cm³/mol. The zero-order valence-electron chi connectivity index (χ0n) is 14.9. The molecule has 0 bridgehead atoms. The Balaban J connectivity index is 1.35. The minimum absolute atomic E-state index is 0.136. The molecule has 1 fully saturated rings. The number of nitrogens with one attached hydrogen (secondary N) is 1. The van der Waals surface area contributed by atoms with Crippen molar-refractivity contribution < 1.29 is 18.4 Å². The van der Waals surface area contributed by atoms with Gasteiger partial charge in [-0.3, -0.25) is 0 Å². The van der Waals surface area contributed by atoms with Crippen LogP contribution in [0.2, 0.25) is 0 Å². The van der Waals surface area contributed by atoms with Crippen LogP contribution in [0.1, 0.15) is 24.7 Å². The van der Waals surface area contributed by atoms with Crippen molar-refractivity contribution in [1.29, 1.82) is 0 Å². The molecule has 4 rings (SSSR count). The van der Waals surface area contributed by atoms with Crippen molar-refractivity contribution in [2.45, 2.75) is 18.8 Å². The van der Waals surface area contributed by atoms with Crippen molar-refractivity contribution in [3.05, 3.63) is 48.6 Å². The fourth-order valence-electron chi connectivity index (χ4n) is 3.17. The summed E-state index contributed by atoms with van der Waals surface area (Å²) < 4.78 is 16.3. The van der Waals surface area contributed by atoms with E-state index in [1.807, 2.05) is 24.3 Å². The first-order valence-electron chi connectivity index (χ1n) is 8.81. The van der Waals surface area contributed by atoms with E-state index in [1.165, 1.54) is 0 Å². The van der Waals surface area contributed by atoms with Gasteiger partial charge in [-0.2, -0.15) is 0 Å². The van der Waals surface area contributed by atoms with Crippen molar-refractivity contribution in [2.24, 2.45) is 0 Å². The van der Waals surface area contributed by atoms with Crippen LogP contribution in [0.5, 0.6) is 5.75 Å². The summed E-state index contributed by atoms with van der Waals surface area (Å²) in [5, 5.41) is 11.1. The average molecular weight is 368 g/mol. The third kappa shape index (κ3) is 3.64. The van der Waals surface area contributed by atoms with Crippen LogP contribution in [0.15, 0.2) is 51.5 Å². The molecule has 140 valence electrons. The van der Waals surface area contributed by atoms with Crippen molar-refractivity contribution >= 4 is 11.7 Å². The number of anilines is 1. The Labute approximate surface area is 156 Å². The van der Waals surface area contributed by atoms with Crippen LogP contribution in [-0.4, -0.2) is 41.3 Å². The average Bonchev–Trinajstić information content (AvgIpc) is 3.40. The fraction of sp³-hybridized carbons (Fsp3) is 0.316. The maximum absolute atomic E-state index is 12.5. The summed E-state index contributed by atoms with van der Waals surface area (Å²) >= 11 is 0. The number of hydrogen-bond donors (Lipinski definition) is 1. The summed E-state index contributed by atoms with van der Waals surface area (Å²) in [6.45, 7) is 1.23. The molecule has 3 aromatic rings. The molecule has 0 unspecified atom stereocenters. The van der Waals surface area contributed by atoms with E-state index in [4.69, 9.17) is 13.6 Å². The van der Waals surface area contributed by atoms with Gasteiger partial charge in [0.2, 0.25) is 5.89 Å². The van der Waals surface area contributed by atoms with Gasteiger partial charge in [0.25, 0.3) is 5.89 Å². The number of ether oxygens (including phenoxy) is 1. The number of piperidine rings is 1. The van der Waals surface area contributed by atoms with E-state index < -0.39 is 0 Å². The first-order chi connectivity index (χ1) is 13.2. The number of para-hydroxylation sites is 2. The lowest BCUT2D eigenvalue weighted by Crippen LogP contribution is -2.40. The van der Waals surface area contributed by atoms with E-state index in [1.54, 1.807) is 30.4 Å². The van der Waals surface area contributed by atoms with E-state index in [0.717, 1.165) is 12.8 Å². The van der Waals surface area contributed by atoms with Crippen molar-refractivity contribution in [2.75, 3.05) is 25.5 Å². The summed E-state index contributed by atoms with van der Waals surface area (Å²) in [4.78, 5) is 14.3. The minimum Gasteiger partial charge on any atom is -0.495 e. The molecule has 1 saturated heterocycles. The highest BCUT2D eigenvalue weighted by atomic mass is 16.5. The number of carbonyl (C=O) groups is 1. The van der Waals surface area contributed by atoms with Gasteiger partial charge in [0, 0.05) is 19.0 Å².